The first-order chi connectivity index (χ1) is 10.3. The van der Waals surface area contributed by atoms with Crippen LogP contribution in [-0.4, -0.2) is 41.2 Å². The predicted octanol–water partition coefficient (Wildman–Crippen LogP) is 3.03. The van der Waals surface area contributed by atoms with Crippen molar-refractivity contribution in [3.8, 4) is 11.5 Å². The molecule has 0 amide bonds. The second-order valence-corrected chi connectivity index (χ2v) is 10.3. The molecule has 0 radical (unpaired) electrons. The molecule has 0 aliphatic heterocycles. The fourth-order valence-electron chi connectivity index (χ4n) is 2.06. The molecule has 0 aromatic heterocycles. The van der Waals surface area contributed by atoms with E-state index in [-0.39, 0.29) is 5.97 Å². The van der Waals surface area contributed by atoms with Crippen molar-refractivity contribution in [1.29, 1.82) is 0 Å². The van der Waals surface area contributed by atoms with E-state index in [2.05, 4.69) is 0 Å². The predicted molar refractivity (Wildman–Crippen MR) is 88.1 cm³/mol. The Labute approximate surface area is 133 Å². The van der Waals surface area contributed by atoms with Gasteiger partial charge in [0.15, 0.2) is 19.8 Å². The molecule has 1 rings (SSSR count). The lowest BCUT2D eigenvalue weighted by Crippen LogP contribution is -2.39. The third-order valence-corrected chi connectivity index (χ3v) is 3.91. The highest BCUT2D eigenvalue weighted by Crippen LogP contribution is 2.28. The van der Waals surface area contributed by atoms with Crippen LogP contribution in [0.25, 0.3) is 0 Å². The Hall–Kier alpha value is -1.53. The van der Waals surface area contributed by atoms with E-state index in [0.29, 0.717) is 24.5 Å². The second kappa shape index (κ2) is 8.19. The van der Waals surface area contributed by atoms with Crippen molar-refractivity contribution in [2.75, 3.05) is 20.8 Å². The lowest BCUT2D eigenvalue weighted by molar-refractivity contribution is -0.151. The molecular weight excluding hydrogens is 300 g/mol. The van der Waals surface area contributed by atoms with Crippen LogP contribution in [-0.2, 0) is 20.4 Å². The Morgan fingerprint density at radius 1 is 1.14 bits per heavy atom. The van der Waals surface area contributed by atoms with E-state index < -0.39 is 14.4 Å². The fraction of sp³-hybridized carbons (Fsp3) is 0.562. The topological polar surface area (TPSA) is 54.0 Å². The normalized spacial score (nSPS) is 12.6. The van der Waals surface area contributed by atoms with Crippen molar-refractivity contribution in [3.63, 3.8) is 0 Å². The molecule has 0 aliphatic carbocycles. The van der Waals surface area contributed by atoms with Crippen molar-refractivity contribution in [1.82, 2.24) is 0 Å². The lowest BCUT2D eigenvalue weighted by atomic mass is 10.1. The van der Waals surface area contributed by atoms with Gasteiger partial charge in [0, 0.05) is 6.42 Å². The van der Waals surface area contributed by atoms with E-state index in [9.17, 15) is 4.79 Å². The molecule has 0 aliphatic rings. The van der Waals surface area contributed by atoms with Gasteiger partial charge in [-0.05, 0) is 44.3 Å². The first-order valence-corrected chi connectivity index (χ1v) is 10.8. The minimum absolute atomic E-state index is 0.320. The van der Waals surface area contributed by atoms with E-state index in [0.717, 1.165) is 5.56 Å². The molecule has 5 nitrogen and oxygen atoms in total. The van der Waals surface area contributed by atoms with Gasteiger partial charge in [-0.2, -0.15) is 0 Å². The third-order valence-electron chi connectivity index (χ3n) is 2.91. The van der Waals surface area contributed by atoms with Gasteiger partial charge in [0.05, 0.1) is 20.8 Å². The Bertz CT molecular complexity index is 496. The average molecular weight is 326 g/mol. The SMILES string of the molecule is CCOC(=O)C(Cc1ccc(OC)c(OC)c1)O[Si](C)(C)C. The summed E-state index contributed by atoms with van der Waals surface area (Å²) >= 11 is 0. The summed E-state index contributed by atoms with van der Waals surface area (Å²) in [4.78, 5) is 12.1. The number of carbonyl (C=O) groups excluding carboxylic acids is 1. The zero-order chi connectivity index (χ0) is 16.8. The monoisotopic (exact) mass is 326 g/mol. The Morgan fingerprint density at radius 2 is 1.77 bits per heavy atom. The Balaban J connectivity index is 2.95. The first kappa shape index (κ1) is 18.5. The standard InChI is InChI=1S/C16H26O5Si/c1-7-20-16(17)15(21-22(4,5)6)11-12-8-9-13(18-2)14(10-12)19-3/h8-10,15H,7,11H2,1-6H3. The van der Waals surface area contributed by atoms with Crippen molar-refractivity contribution in [2.45, 2.75) is 39.1 Å². The van der Waals surface area contributed by atoms with Gasteiger partial charge in [-0.3, -0.25) is 0 Å². The maximum Gasteiger partial charge on any atom is 0.334 e. The average Bonchev–Trinajstić information content (AvgIpc) is 2.45. The number of hydrogen-bond acceptors (Lipinski definition) is 5. The van der Waals surface area contributed by atoms with Gasteiger partial charge in [0.2, 0.25) is 0 Å². The molecule has 6 heteroatoms. The molecule has 1 aromatic carbocycles. The van der Waals surface area contributed by atoms with Crippen LogP contribution in [0.3, 0.4) is 0 Å². The largest absolute Gasteiger partial charge is 0.493 e. The zero-order valence-electron chi connectivity index (χ0n) is 14.3. The molecule has 0 fully saturated rings. The quantitative estimate of drug-likeness (QED) is 0.543. The van der Waals surface area contributed by atoms with E-state index in [1.54, 1.807) is 21.1 Å². The molecular formula is C16H26O5Si. The Kier molecular flexibility index (Phi) is 6.89. The van der Waals surface area contributed by atoms with Crippen LogP contribution in [0.5, 0.6) is 11.5 Å². The summed E-state index contributed by atoms with van der Waals surface area (Å²) in [6.45, 7) is 8.28. The lowest BCUT2D eigenvalue weighted by Gasteiger charge is -2.25. The van der Waals surface area contributed by atoms with E-state index in [1.807, 2.05) is 37.8 Å². The summed E-state index contributed by atoms with van der Waals surface area (Å²) in [5.41, 5.74) is 0.939. The van der Waals surface area contributed by atoms with Gasteiger partial charge in [0.1, 0.15) is 6.10 Å². The zero-order valence-corrected chi connectivity index (χ0v) is 15.3. The van der Waals surface area contributed by atoms with Gasteiger partial charge in [0.25, 0.3) is 0 Å². The van der Waals surface area contributed by atoms with Gasteiger partial charge in [-0.25, -0.2) is 4.79 Å². The summed E-state index contributed by atoms with van der Waals surface area (Å²) < 4.78 is 21.6. The highest BCUT2D eigenvalue weighted by molar-refractivity contribution is 6.69. The molecule has 0 heterocycles. The second-order valence-electron chi connectivity index (χ2n) is 5.86. The van der Waals surface area contributed by atoms with Gasteiger partial charge in [-0.1, -0.05) is 6.07 Å². The molecule has 1 atom stereocenters. The van der Waals surface area contributed by atoms with Crippen LogP contribution in [0.15, 0.2) is 18.2 Å². The minimum atomic E-state index is -1.86. The molecule has 22 heavy (non-hydrogen) atoms. The summed E-state index contributed by atoms with van der Waals surface area (Å²) in [6.07, 6.45) is -0.145. The number of ether oxygens (including phenoxy) is 3. The molecule has 0 saturated carbocycles. The number of benzene rings is 1. The molecule has 124 valence electrons. The summed E-state index contributed by atoms with van der Waals surface area (Å²) in [5, 5.41) is 0. The fourth-order valence-corrected chi connectivity index (χ4v) is 3.09. The highest BCUT2D eigenvalue weighted by atomic mass is 28.4. The molecule has 1 aromatic rings. The summed E-state index contributed by atoms with van der Waals surface area (Å²) in [7, 11) is 1.31. The number of methoxy groups -OCH3 is 2. The smallest absolute Gasteiger partial charge is 0.334 e. The van der Waals surface area contributed by atoms with Crippen LogP contribution in [0, 0.1) is 0 Å². The van der Waals surface area contributed by atoms with E-state index >= 15 is 0 Å². The molecule has 1 unspecified atom stereocenters. The van der Waals surface area contributed by atoms with Crippen LogP contribution in [0.2, 0.25) is 19.6 Å². The molecule has 0 bridgehead atoms. The molecule has 0 N–H and O–H groups in total. The van der Waals surface area contributed by atoms with Crippen molar-refractivity contribution < 1.29 is 23.4 Å². The molecule has 0 spiro atoms. The van der Waals surface area contributed by atoms with Crippen molar-refractivity contribution in [3.05, 3.63) is 23.8 Å². The number of hydrogen-bond donors (Lipinski definition) is 0. The van der Waals surface area contributed by atoms with Crippen molar-refractivity contribution in [2.24, 2.45) is 0 Å². The highest BCUT2D eigenvalue weighted by Gasteiger charge is 2.28. The van der Waals surface area contributed by atoms with Crippen molar-refractivity contribution >= 4 is 14.3 Å². The summed E-state index contributed by atoms with van der Waals surface area (Å²) in [6, 6.07) is 5.59. The Morgan fingerprint density at radius 3 is 2.27 bits per heavy atom. The van der Waals surface area contributed by atoms with Gasteiger partial charge < -0.3 is 18.6 Å². The van der Waals surface area contributed by atoms with E-state index in [1.165, 1.54) is 0 Å². The number of carbonyl (C=O) groups is 1. The number of rotatable bonds is 8. The summed E-state index contributed by atoms with van der Waals surface area (Å²) in [5.74, 6) is 0.973. The maximum atomic E-state index is 12.1. The van der Waals surface area contributed by atoms with Crippen LogP contribution in [0.1, 0.15) is 12.5 Å². The first-order valence-electron chi connectivity index (χ1n) is 7.36. The maximum absolute atomic E-state index is 12.1. The third kappa shape index (κ3) is 5.69. The van der Waals surface area contributed by atoms with Crippen LogP contribution >= 0.6 is 0 Å². The van der Waals surface area contributed by atoms with Gasteiger partial charge >= 0.3 is 5.97 Å². The van der Waals surface area contributed by atoms with Crippen LogP contribution < -0.4 is 9.47 Å². The van der Waals surface area contributed by atoms with E-state index in [4.69, 9.17) is 18.6 Å². The molecule has 0 saturated heterocycles. The minimum Gasteiger partial charge on any atom is -0.493 e. The van der Waals surface area contributed by atoms with Crippen LogP contribution in [0.4, 0.5) is 0 Å². The van der Waals surface area contributed by atoms with Gasteiger partial charge in [-0.15, -0.1) is 0 Å². The number of esters is 1.